The van der Waals surface area contributed by atoms with Crippen LogP contribution in [0.2, 0.25) is 5.02 Å². The first-order chi connectivity index (χ1) is 11.0. The van der Waals surface area contributed by atoms with E-state index >= 15 is 0 Å². The van der Waals surface area contributed by atoms with Crippen molar-refractivity contribution in [2.24, 2.45) is 5.73 Å². The third-order valence-electron chi connectivity index (χ3n) is 2.86. The normalized spacial score (nSPS) is 10.5. The number of furan rings is 1. The van der Waals surface area contributed by atoms with E-state index in [1.165, 1.54) is 29.9 Å². The maximum Gasteiger partial charge on any atom is 0.276 e. The van der Waals surface area contributed by atoms with Crippen LogP contribution in [-0.4, -0.2) is 21.8 Å². The number of hydrogen-bond acceptors (Lipinski definition) is 6. The van der Waals surface area contributed by atoms with E-state index in [1.807, 2.05) is 0 Å². The van der Waals surface area contributed by atoms with Crippen LogP contribution in [0.5, 0.6) is 0 Å². The second-order valence-electron chi connectivity index (χ2n) is 4.42. The number of hydrogen-bond donors (Lipinski definition) is 2. The summed E-state index contributed by atoms with van der Waals surface area (Å²) >= 11 is 7.29. The molecule has 3 heterocycles. The third kappa shape index (κ3) is 3.22. The molecule has 0 aromatic carbocycles. The van der Waals surface area contributed by atoms with Gasteiger partial charge in [-0.25, -0.2) is 9.97 Å². The van der Waals surface area contributed by atoms with Crippen LogP contribution in [0, 0.1) is 0 Å². The molecule has 0 unspecified atom stereocenters. The molecule has 0 atom stereocenters. The monoisotopic (exact) mass is 348 g/mol. The average molecular weight is 349 g/mol. The largest absolute Gasteiger partial charge is 0.472 e. The van der Waals surface area contributed by atoms with Crippen LogP contribution in [0.4, 0.5) is 5.82 Å². The van der Waals surface area contributed by atoms with Gasteiger partial charge in [-0.15, -0.1) is 11.3 Å². The molecule has 0 aliphatic heterocycles. The van der Waals surface area contributed by atoms with E-state index in [9.17, 15) is 9.59 Å². The number of pyridine rings is 1. The second-order valence-corrected chi connectivity index (χ2v) is 5.69. The Morgan fingerprint density at radius 3 is 2.87 bits per heavy atom. The van der Waals surface area contributed by atoms with Crippen LogP contribution in [0.25, 0.3) is 10.6 Å². The number of amides is 2. The quantitative estimate of drug-likeness (QED) is 0.753. The maximum absolute atomic E-state index is 12.2. The van der Waals surface area contributed by atoms with E-state index in [2.05, 4.69) is 15.3 Å². The predicted octanol–water partition coefficient (Wildman–Crippen LogP) is 2.80. The average Bonchev–Trinajstić information content (AvgIpc) is 3.19. The lowest BCUT2D eigenvalue weighted by atomic mass is 10.2. The Morgan fingerprint density at radius 1 is 1.39 bits per heavy atom. The summed E-state index contributed by atoms with van der Waals surface area (Å²) in [6.07, 6.45) is 4.31. The number of primary amides is 1. The van der Waals surface area contributed by atoms with Gasteiger partial charge in [-0.1, -0.05) is 11.6 Å². The van der Waals surface area contributed by atoms with Gasteiger partial charge in [0.1, 0.15) is 17.0 Å². The molecule has 116 valence electrons. The number of carbonyl (C=O) groups excluding carboxylic acids is 2. The van der Waals surface area contributed by atoms with Crippen molar-refractivity contribution in [2.75, 3.05) is 5.32 Å². The molecule has 0 bridgehead atoms. The minimum atomic E-state index is -0.651. The Bertz CT molecular complexity index is 876. The number of nitrogens with two attached hydrogens (primary N) is 1. The summed E-state index contributed by atoms with van der Waals surface area (Å²) in [6.45, 7) is 0. The fourth-order valence-electron chi connectivity index (χ4n) is 1.73. The molecular formula is C14H9ClN4O3S. The minimum Gasteiger partial charge on any atom is -0.472 e. The van der Waals surface area contributed by atoms with Gasteiger partial charge in [0.15, 0.2) is 5.82 Å². The molecule has 3 N–H and O–H groups in total. The summed E-state index contributed by atoms with van der Waals surface area (Å²) in [5, 5.41) is 4.92. The van der Waals surface area contributed by atoms with E-state index in [4.69, 9.17) is 21.8 Å². The molecule has 0 aliphatic rings. The van der Waals surface area contributed by atoms with E-state index in [0.29, 0.717) is 5.01 Å². The Kier molecular flexibility index (Phi) is 4.09. The van der Waals surface area contributed by atoms with Gasteiger partial charge < -0.3 is 15.5 Å². The van der Waals surface area contributed by atoms with Crippen molar-refractivity contribution in [1.82, 2.24) is 9.97 Å². The lowest BCUT2D eigenvalue weighted by Gasteiger charge is -2.05. The van der Waals surface area contributed by atoms with Crippen LogP contribution in [0.1, 0.15) is 20.8 Å². The highest BCUT2D eigenvalue weighted by molar-refractivity contribution is 7.13. The third-order valence-corrected chi connectivity index (χ3v) is 4.04. The first kappa shape index (κ1) is 15.2. The van der Waals surface area contributed by atoms with Crippen molar-refractivity contribution in [1.29, 1.82) is 0 Å². The number of nitrogens with zero attached hydrogens (tertiary/aromatic N) is 2. The number of halogens is 1. The smallest absolute Gasteiger partial charge is 0.276 e. The van der Waals surface area contributed by atoms with Crippen molar-refractivity contribution in [3.05, 3.63) is 52.5 Å². The predicted molar refractivity (Wildman–Crippen MR) is 85.5 cm³/mol. The van der Waals surface area contributed by atoms with Crippen LogP contribution < -0.4 is 11.1 Å². The summed E-state index contributed by atoms with van der Waals surface area (Å²) in [5.74, 6) is -0.988. The fraction of sp³-hybridized carbons (Fsp3) is 0. The first-order valence-corrected chi connectivity index (χ1v) is 7.55. The number of carbonyl (C=O) groups is 2. The number of rotatable bonds is 4. The number of nitrogens with one attached hydrogen (secondary N) is 1. The highest BCUT2D eigenvalue weighted by atomic mass is 35.5. The summed E-state index contributed by atoms with van der Waals surface area (Å²) in [6, 6.07) is 3.09. The fourth-order valence-corrected chi connectivity index (χ4v) is 2.73. The molecule has 0 fully saturated rings. The Labute approximate surface area is 139 Å². The Morgan fingerprint density at radius 2 is 2.22 bits per heavy atom. The number of anilines is 1. The molecule has 0 spiro atoms. The van der Waals surface area contributed by atoms with Gasteiger partial charge in [-0.3, -0.25) is 9.59 Å². The molecular weight excluding hydrogens is 340 g/mol. The highest BCUT2D eigenvalue weighted by Crippen LogP contribution is 2.25. The van der Waals surface area contributed by atoms with Crippen LogP contribution in [0.3, 0.4) is 0 Å². The Hall–Kier alpha value is -2.71. The highest BCUT2D eigenvalue weighted by Gasteiger charge is 2.15. The van der Waals surface area contributed by atoms with Gasteiger partial charge in [-0.05, 0) is 12.1 Å². The van der Waals surface area contributed by atoms with E-state index in [1.54, 1.807) is 17.7 Å². The molecule has 0 radical (unpaired) electrons. The SMILES string of the molecule is NC(=O)c1cnc(NC(=O)c2csc(-c3ccoc3)n2)c(Cl)c1. The lowest BCUT2D eigenvalue weighted by molar-refractivity contribution is 0.0998. The molecule has 3 aromatic heterocycles. The molecule has 7 nitrogen and oxygen atoms in total. The van der Waals surface area contributed by atoms with Crippen LogP contribution >= 0.6 is 22.9 Å². The van der Waals surface area contributed by atoms with Crippen molar-refractivity contribution >= 4 is 40.6 Å². The van der Waals surface area contributed by atoms with Crippen molar-refractivity contribution < 1.29 is 14.0 Å². The van der Waals surface area contributed by atoms with Crippen LogP contribution in [-0.2, 0) is 0 Å². The lowest BCUT2D eigenvalue weighted by Crippen LogP contribution is -2.15. The van der Waals surface area contributed by atoms with Gasteiger partial charge in [-0.2, -0.15) is 0 Å². The topological polar surface area (TPSA) is 111 Å². The van der Waals surface area contributed by atoms with Gasteiger partial charge in [0.2, 0.25) is 5.91 Å². The summed E-state index contributed by atoms with van der Waals surface area (Å²) in [7, 11) is 0. The van der Waals surface area contributed by atoms with E-state index in [0.717, 1.165) is 5.56 Å². The zero-order valence-electron chi connectivity index (χ0n) is 11.4. The zero-order chi connectivity index (χ0) is 16.4. The minimum absolute atomic E-state index is 0.111. The standard InChI is InChI=1S/C14H9ClN4O3S/c15-9-3-8(11(16)20)4-17-12(9)19-13(21)10-6-23-14(18-10)7-1-2-22-5-7/h1-6H,(H2,16,20)(H,17,19,21). The summed E-state index contributed by atoms with van der Waals surface area (Å²) in [4.78, 5) is 31.4. The molecule has 3 aromatic rings. The van der Waals surface area contributed by atoms with Crippen LogP contribution in [0.15, 0.2) is 40.7 Å². The van der Waals surface area contributed by atoms with Gasteiger partial charge >= 0.3 is 0 Å². The number of aromatic nitrogens is 2. The molecule has 23 heavy (non-hydrogen) atoms. The first-order valence-electron chi connectivity index (χ1n) is 6.29. The molecule has 3 rings (SSSR count). The molecule has 0 saturated heterocycles. The van der Waals surface area contributed by atoms with E-state index < -0.39 is 11.8 Å². The molecule has 0 aliphatic carbocycles. The maximum atomic E-state index is 12.2. The Balaban J connectivity index is 1.78. The van der Waals surface area contributed by atoms with Gasteiger partial charge in [0.25, 0.3) is 5.91 Å². The summed E-state index contributed by atoms with van der Waals surface area (Å²) in [5.41, 5.74) is 6.30. The molecule has 9 heteroatoms. The van der Waals surface area contributed by atoms with Crippen molar-refractivity contribution in [3.8, 4) is 10.6 Å². The molecule has 2 amide bonds. The van der Waals surface area contributed by atoms with E-state index in [-0.39, 0.29) is 22.1 Å². The van der Waals surface area contributed by atoms with Gasteiger partial charge in [0.05, 0.1) is 16.8 Å². The zero-order valence-corrected chi connectivity index (χ0v) is 13.0. The number of thiazole rings is 1. The second kappa shape index (κ2) is 6.19. The molecule has 0 saturated carbocycles. The van der Waals surface area contributed by atoms with Crippen molar-refractivity contribution in [2.45, 2.75) is 0 Å². The van der Waals surface area contributed by atoms with Crippen molar-refractivity contribution in [3.63, 3.8) is 0 Å². The van der Waals surface area contributed by atoms with Gasteiger partial charge in [0, 0.05) is 17.1 Å². The summed E-state index contributed by atoms with van der Waals surface area (Å²) < 4.78 is 4.98.